The van der Waals surface area contributed by atoms with Crippen LogP contribution in [-0.2, 0) is 11.2 Å². The van der Waals surface area contributed by atoms with Gasteiger partial charge in [-0.1, -0.05) is 5.16 Å². The molecule has 0 aliphatic carbocycles. The Kier molecular flexibility index (Phi) is 4.38. The predicted molar refractivity (Wildman–Crippen MR) is 56.2 cm³/mol. The van der Waals surface area contributed by atoms with Crippen molar-refractivity contribution in [3.05, 3.63) is 11.7 Å². The van der Waals surface area contributed by atoms with Crippen LogP contribution in [0, 0.1) is 0 Å². The summed E-state index contributed by atoms with van der Waals surface area (Å²) in [5.74, 6) is 0.628. The van der Waals surface area contributed by atoms with Crippen molar-refractivity contribution in [2.24, 2.45) is 0 Å². The van der Waals surface area contributed by atoms with Crippen LogP contribution in [0.4, 0.5) is 13.2 Å². The zero-order valence-corrected chi connectivity index (χ0v) is 9.98. The van der Waals surface area contributed by atoms with Crippen molar-refractivity contribution in [1.29, 1.82) is 0 Å². The predicted octanol–water partition coefficient (Wildman–Crippen LogP) is 0.586. The van der Waals surface area contributed by atoms with E-state index in [1.165, 1.54) is 0 Å². The van der Waals surface area contributed by atoms with Crippen molar-refractivity contribution in [2.75, 3.05) is 19.8 Å². The summed E-state index contributed by atoms with van der Waals surface area (Å²) >= 11 is 0. The summed E-state index contributed by atoms with van der Waals surface area (Å²) in [5, 5.41) is 16.0. The van der Waals surface area contributed by atoms with Gasteiger partial charge in [-0.25, -0.2) is 0 Å². The van der Waals surface area contributed by atoms with Crippen molar-refractivity contribution in [2.45, 2.75) is 31.2 Å². The lowest BCUT2D eigenvalue weighted by atomic mass is 10.2. The highest BCUT2D eigenvalue weighted by molar-refractivity contribution is 4.97. The van der Waals surface area contributed by atoms with Crippen molar-refractivity contribution in [3.63, 3.8) is 0 Å². The number of rotatable bonds is 5. The molecule has 0 amide bonds. The van der Waals surface area contributed by atoms with Gasteiger partial charge in [-0.05, 0) is 6.42 Å². The van der Waals surface area contributed by atoms with Gasteiger partial charge in [-0.3, -0.25) is 0 Å². The molecule has 2 heterocycles. The number of ether oxygens (including phenoxy) is 1. The lowest BCUT2D eigenvalue weighted by molar-refractivity contribution is -0.173. The summed E-state index contributed by atoms with van der Waals surface area (Å²) in [6.45, 7) is -0.954. The Morgan fingerprint density at radius 3 is 2.89 bits per heavy atom. The van der Waals surface area contributed by atoms with E-state index in [2.05, 4.69) is 20.2 Å². The molecule has 2 atom stereocenters. The molecule has 0 spiro atoms. The number of hydrogen-bond donors (Lipinski definition) is 2. The van der Waals surface area contributed by atoms with E-state index in [4.69, 9.17) is 4.52 Å². The Hall–Kier alpha value is -1.19. The molecule has 19 heavy (non-hydrogen) atoms. The Labute approximate surface area is 106 Å². The van der Waals surface area contributed by atoms with Crippen molar-refractivity contribution in [1.82, 2.24) is 15.5 Å². The molecule has 1 aromatic rings. The molecule has 1 fully saturated rings. The average molecular weight is 281 g/mol. The smallest absolute Gasteiger partial charge is 0.392 e. The van der Waals surface area contributed by atoms with E-state index in [-0.39, 0.29) is 19.1 Å². The Morgan fingerprint density at radius 1 is 1.47 bits per heavy atom. The standard InChI is InChI=1S/C10H14F3N3O3/c11-10(12,13)5-18-2-1-8-15-9(19-16-8)7-3-6(17)4-14-7/h6-7,14,17H,1-5H2/t6-,7+/m1/s1. The molecule has 2 N–H and O–H groups in total. The molecule has 0 aromatic carbocycles. The van der Waals surface area contributed by atoms with Gasteiger partial charge in [0.25, 0.3) is 0 Å². The first-order chi connectivity index (χ1) is 8.94. The maximum Gasteiger partial charge on any atom is 0.411 e. The number of aromatic nitrogens is 2. The topological polar surface area (TPSA) is 80.4 Å². The molecule has 0 saturated carbocycles. The molecule has 6 nitrogen and oxygen atoms in total. The SMILES string of the molecule is O[C@H]1CN[C@H](c2nc(CCOCC(F)(F)F)no2)C1. The van der Waals surface area contributed by atoms with E-state index in [1.54, 1.807) is 0 Å². The van der Waals surface area contributed by atoms with E-state index >= 15 is 0 Å². The number of alkyl halides is 3. The fourth-order valence-corrected chi connectivity index (χ4v) is 1.77. The monoisotopic (exact) mass is 281 g/mol. The number of β-amino-alcohol motifs (C(OH)–C–C–N with tert-alkyl or cyclic N) is 1. The van der Waals surface area contributed by atoms with Crippen molar-refractivity contribution < 1.29 is 27.5 Å². The highest BCUT2D eigenvalue weighted by atomic mass is 19.4. The molecule has 108 valence electrons. The van der Waals surface area contributed by atoms with E-state index in [1.807, 2.05) is 0 Å². The zero-order valence-electron chi connectivity index (χ0n) is 9.98. The molecule has 9 heteroatoms. The number of aliphatic hydroxyl groups is 1. The molecule has 1 aliphatic heterocycles. The van der Waals surface area contributed by atoms with Gasteiger partial charge < -0.3 is 19.7 Å². The molecule has 0 radical (unpaired) electrons. The Bertz CT molecular complexity index is 410. The summed E-state index contributed by atoms with van der Waals surface area (Å²) in [6, 6.07) is -0.202. The summed E-state index contributed by atoms with van der Waals surface area (Å²) < 4.78 is 44.9. The molecule has 2 rings (SSSR count). The summed E-state index contributed by atoms with van der Waals surface area (Å²) in [6.07, 6.45) is -4.15. The number of hydrogen-bond acceptors (Lipinski definition) is 6. The van der Waals surface area contributed by atoms with E-state index in [0.717, 1.165) is 0 Å². The normalized spacial score (nSPS) is 24.0. The highest BCUT2D eigenvalue weighted by Gasteiger charge is 2.29. The fourth-order valence-electron chi connectivity index (χ4n) is 1.77. The van der Waals surface area contributed by atoms with Gasteiger partial charge >= 0.3 is 6.18 Å². The lowest BCUT2D eigenvalue weighted by Gasteiger charge is -2.05. The summed E-state index contributed by atoms with van der Waals surface area (Å²) in [4.78, 5) is 4.05. The van der Waals surface area contributed by atoms with Gasteiger partial charge in [-0.15, -0.1) is 0 Å². The highest BCUT2D eigenvalue weighted by Crippen LogP contribution is 2.21. The third kappa shape index (κ3) is 4.44. The minimum atomic E-state index is -4.33. The quantitative estimate of drug-likeness (QED) is 0.769. The Balaban J connectivity index is 1.75. The van der Waals surface area contributed by atoms with Crippen LogP contribution in [0.2, 0.25) is 0 Å². The number of nitrogens with one attached hydrogen (secondary N) is 1. The second kappa shape index (κ2) is 5.85. The minimum Gasteiger partial charge on any atom is -0.392 e. The van der Waals surface area contributed by atoms with Crippen molar-refractivity contribution >= 4 is 0 Å². The van der Waals surface area contributed by atoms with E-state index < -0.39 is 18.9 Å². The molecule has 0 unspecified atom stereocenters. The van der Waals surface area contributed by atoms with Crippen LogP contribution in [0.1, 0.15) is 24.2 Å². The van der Waals surface area contributed by atoms with Gasteiger partial charge in [0.2, 0.25) is 5.89 Å². The van der Waals surface area contributed by atoms with Crippen LogP contribution in [-0.4, -0.2) is 47.3 Å². The van der Waals surface area contributed by atoms with E-state index in [9.17, 15) is 18.3 Å². The second-order valence-electron chi connectivity index (χ2n) is 4.32. The first-order valence-corrected chi connectivity index (χ1v) is 5.82. The van der Waals surface area contributed by atoms with Gasteiger partial charge in [-0.2, -0.15) is 18.2 Å². The van der Waals surface area contributed by atoms with Gasteiger partial charge in [0.15, 0.2) is 5.82 Å². The van der Waals surface area contributed by atoms with Crippen LogP contribution in [0.5, 0.6) is 0 Å². The van der Waals surface area contributed by atoms with Gasteiger partial charge in [0, 0.05) is 13.0 Å². The zero-order chi connectivity index (χ0) is 13.9. The summed E-state index contributed by atoms with van der Waals surface area (Å²) in [7, 11) is 0. The first-order valence-electron chi connectivity index (χ1n) is 5.82. The van der Waals surface area contributed by atoms with Crippen LogP contribution < -0.4 is 5.32 Å². The van der Waals surface area contributed by atoms with Crippen LogP contribution in [0.3, 0.4) is 0 Å². The van der Waals surface area contributed by atoms with E-state index in [0.29, 0.717) is 24.7 Å². The maximum atomic E-state index is 11.8. The third-order valence-corrected chi connectivity index (χ3v) is 2.63. The largest absolute Gasteiger partial charge is 0.411 e. The fraction of sp³-hybridized carbons (Fsp3) is 0.800. The van der Waals surface area contributed by atoms with Gasteiger partial charge in [0.05, 0.1) is 18.8 Å². The number of halogens is 3. The number of nitrogens with zero attached hydrogens (tertiary/aromatic N) is 2. The van der Waals surface area contributed by atoms with Crippen LogP contribution in [0.15, 0.2) is 4.52 Å². The minimum absolute atomic E-state index is 0.126. The molecule has 1 aliphatic rings. The molecule has 0 bridgehead atoms. The van der Waals surface area contributed by atoms with Gasteiger partial charge in [0.1, 0.15) is 6.61 Å². The molecule has 1 saturated heterocycles. The van der Waals surface area contributed by atoms with Crippen molar-refractivity contribution in [3.8, 4) is 0 Å². The third-order valence-electron chi connectivity index (χ3n) is 2.63. The maximum absolute atomic E-state index is 11.8. The summed E-state index contributed by atoms with van der Waals surface area (Å²) in [5.41, 5.74) is 0. The lowest BCUT2D eigenvalue weighted by Crippen LogP contribution is -2.18. The Morgan fingerprint density at radius 2 is 2.26 bits per heavy atom. The molecular formula is C10H14F3N3O3. The second-order valence-corrected chi connectivity index (χ2v) is 4.32. The first kappa shape index (κ1) is 14.2. The number of aliphatic hydroxyl groups excluding tert-OH is 1. The van der Waals surface area contributed by atoms with Crippen LogP contribution in [0.25, 0.3) is 0 Å². The van der Waals surface area contributed by atoms with Crippen LogP contribution >= 0.6 is 0 Å². The average Bonchev–Trinajstić information content (AvgIpc) is 2.92. The molecular weight excluding hydrogens is 267 g/mol. The molecule has 1 aromatic heterocycles.